The van der Waals surface area contributed by atoms with Crippen molar-refractivity contribution in [1.82, 2.24) is 28.7 Å². The smallest absolute Gasteiger partial charge is 0.164 e. The summed E-state index contributed by atoms with van der Waals surface area (Å²) < 4.78 is 7.29. The van der Waals surface area contributed by atoms with E-state index in [1.807, 2.05) is 50.2 Å². The molecule has 308 valence electrons. The van der Waals surface area contributed by atoms with Crippen molar-refractivity contribution >= 4 is 65.4 Å². The molecule has 9 aromatic carbocycles. The zero-order valence-corrected chi connectivity index (χ0v) is 36.0. The van der Waals surface area contributed by atoms with Gasteiger partial charge in [-0.25, -0.2) is 15.0 Å². The lowest BCUT2D eigenvalue weighted by atomic mass is 10.1. The number of rotatable bonds is 6. The van der Waals surface area contributed by atoms with E-state index in [-0.39, 0.29) is 0 Å². The van der Waals surface area contributed by atoms with Crippen molar-refractivity contribution in [1.29, 1.82) is 0 Å². The topological polar surface area (TPSA) is 53.5 Å². The Labute approximate surface area is 376 Å². The van der Waals surface area contributed by atoms with Gasteiger partial charge in [-0.1, -0.05) is 178 Å². The Morgan fingerprint density at radius 2 is 0.585 bits per heavy atom. The summed E-state index contributed by atoms with van der Waals surface area (Å²) >= 11 is 0. The van der Waals surface area contributed by atoms with Crippen LogP contribution in [0.2, 0.25) is 0 Å². The van der Waals surface area contributed by atoms with Gasteiger partial charge in [-0.2, -0.15) is 0 Å². The van der Waals surface area contributed by atoms with Crippen molar-refractivity contribution in [3.63, 3.8) is 0 Å². The van der Waals surface area contributed by atoms with Crippen LogP contribution in [0.4, 0.5) is 0 Å². The number of nitrogens with zero attached hydrogens (tertiary/aromatic N) is 6. The monoisotopic (exact) mass is 834 g/mol. The molecule has 0 aliphatic heterocycles. The van der Waals surface area contributed by atoms with E-state index in [1.54, 1.807) is 0 Å². The van der Waals surface area contributed by atoms with Crippen molar-refractivity contribution in [2.45, 2.75) is 13.8 Å². The van der Waals surface area contributed by atoms with Crippen LogP contribution in [-0.4, -0.2) is 28.7 Å². The summed E-state index contributed by atoms with van der Waals surface area (Å²) in [5, 5.41) is 7.16. The van der Waals surface area contributed by atoms with Crippen LogP contribution in [0.5, 0.6) is 0 Å². The minimum absolute atomic E-state index is 0.593. The second-order valence-corrected chi connectivity index (χ2v) is 16.0. The molecule has 0 aliphatic carbocycles. The average molecular weight is 835 g/mol. The highest BCUT2D eigenvalue weighted by molar-refractivity contribution is 6.24. The van der Waals surface area contributed by atoms with Crippen LogP contribution in [0.15, 0.2) is 218 Å². The standard InChI is InChI=1S/C57H36N6.C2H6/c1-4-18-37(19-5-1)55-58-56(38-20-6-2-7-21-38)60-57(59-55)39-34-41(61-49-28-14-10-24-43(49)44-25-11-15-29-50(44)61)36-42(35-39)63-52-31-17-13-27-46(52)48-33-32-47-45-26-12-16-30-51(45)62(53(47)54(48)63)40-22-8-3-9-23-40;1-2/h1-36H;1-2H3. The van der Waals surface area contributed by atoms with Crippen LogP contribution in [-0.2, 0) is 0 Å². The quantitative estimate of drug-likeness (QED) is 0.168. The average Bonchev–Trinajstić information content (AvgIpc) is 4.03. The van der Waals surface area contributed by atoms with Crippen molar-refractivity contribution in [2.24, 2.45) is 0 Å². The molecule has 0 atom stereocenters. The molecule has 0 aliphatic rings. The Balaban J connectivity index is 0.00000219. The van der Waals surface area contributed by atoms with Gasteiger partial charge in [0.1, 0.15) is 0 Å². The summed E-state index contributed by atoms with van der Waals surface area (Å²) in [7, 11) is 0. The molecule has 4 aromatic heterocycles. The lowest BCUT2D eigenvalue weighted by molar-refractivity contribution is 1.07. The molecule has 0 saturated heterocycles. The maximum atomic E-state index is 5.28. The van der Waals surface area contributed by atoms with Crippen molar-refractivity contribution in [3.05, 3.63) is 218 Å². The van der Waals surface area contributed by atoms with Crippen LogP contribution in [0.25, 0.3) is 117 Å². The van der Waals surface area contributed by atoms with Crippen LogP contribution in [0, 0.1) is 0 Å². The highest BCUT2D eigenvalue weighted by Crippen LogP contribution is 2.43. The molecule has 0 amide bonds. The summed E-state index contributed by atoms with van der Waals surface area (Å²) in [6, 6.07) is 77.4. The lowest BCUT2D eigenvalue weighted by Gasteiger charge is -2.17. The van der Waals surface area contributed by atoms with E-state index >= 15 is 0 Å². The molecule has 13 rings (SSSR count). The summed E-state index contributed by atoms with van der Waals surface area (Å²) in [6.45, 7) is 4.00. The van der Waals surface area contributed by atoms with E-state index < -0.39 is 0 Å². The first kappa shape index (κ1) is 38.1. The van der Waals surface area contributed by atoms with Gasteiger partial charge in [0, 0.05) is 66.1 Å². The Hall–Kier alpha value is -8.61. The van der Waals surface area contributed by atoms with Crippen LogP contribution < -0.4 is 0 Å². The molecule has 0 fully saturated rings. The molecule has 0 saturated carbocycles. The molecular weight excluding hydrogens is 793 g/mol. The van der Waals surface area contributed by atoms with Crippen molar-refractivity contribution < 1.29 is 0 Å². The van der Waals surface area contributed by atoms with Crippen LogP contribution >= 0.6 is 0 Å². The zero-order valence-electron chi connectivity index (χ0n) is 36.0. The first-order valence-electron chi connectivity index (χ1n) is 22.3. The van der Waals surface area contributed by atoms with Crippen LogP contribution in [0.1, 0.15) is 13.8 Å². The molecule has 4 heterocycles. The van der Waals surface area contributed by atoms with Gasteiger partial charge in [-0.3, -0.25) is 0 Å². The normalized spacial score (nSPS) is 11.5. The third-order valence-corrected chi connectivity index (χ3v) is 12.4. The molecule has 0 spiro atoms. The largest absolute Gasteiger partial charge is 0.309 e. The molecular formula is C59H42N6. The molecule has 0 unspecified atom stereocenters. The van der Waals surface area contributed by atoms with Gasteiger partial charge in [0.25, 0.3) is 0 Å². The predicted octanol–water partition coefficient (Wildman–Crippen LogP) is 15.2. The number of aromatic nitrogens is 6. The number of hydrogen-bond donors (Lipinski definition) is 0. The van der Waals surface area contributed by atoms with E-state index in [4.69, 9.17) is 15.0 Å². The van der Waals surface area contributed by atoms with Gasteiger partial charge in [0.05, 0.1) is 33.1 Å². The second-order valence-electron chi connectivity index (χ2n) is 16.0. The maximum Gasteiger partial charge on any atom is 0.164 e. The summed E-state index contributed by atoms with van der Waals surface area (Å²) in [5.41, 5.74) is 12.6. The Bertz CT molecular complexity index is 3790. The molecule has 0 N–H and O–H groups in total. The fourth-order valence-electron chi connectivity index (χ4n) is 9.73. The molecule has 65 heavy (non-hydrogen) atoms. The van der Waals surface area contributed by atoms with Gasteiger partial charge >= 0.3 is 0 Å². The number of fused-ring (bicyclic) bond motifs is 10. The molecule has 0 radical (unpaired) electrons. The zero-order chi connectivity index (χ0) is 43.4. The van der Waals surface area contributed by atoms with E-state index in [2.05, 4.69) is 196 Å². The number of para-hydroxylation sites is 5. The summed E-state index contributed by atoms with van der Waals surface area (Å²) in [4.78, 5) is 15.6. The molecule has 0 bridgehead atoms. The van der Waals surface area contributed by atoms with E-state index in [0.717, 1.165) is 66.9 Å². The van der Waals surface area contributed by atoms with Gasteiger partial charge in [-0.05, 0) is 54.6 Å². The SMILES string of the molecule is CC.c1ccc(-c2nc(-c3ccccc3)nc(-c3cc(-n4c5ccccc5c5ccccc54)cc(-n4c5ccccc5c5ccc6c7ccccc7n(-c7ccccc7)c6c54)c3)n2)cc1. The number of benzene rings is 9. The van der Waals surface area contributed by atoms with Gasteiger partial charge in [-0.15, -0.1) is 0 Å². The van der Waals surface area contributed by atoms with E-state index in [0.29, 0.717) is 17.5 Å². The third-order valence-electron chi connectivity index (χ3n) is 12.4. The fraction of sp³-hybridized carbons (Fsp3) is 0.0339. The Morgan fingerprint density at radius 3 is 1.03 bits per heavy atom. The van der Waals surface area contributed by atoms with Crippen molar-refractivity contribution in [3.8, 4) is 51.2 Å². The maximum absolute atomic E-state index is 5.28. The van der Waals surface area contributed by atoms with Gasteiger partial charge < -0.3 is 13.7 Å². The molecule has 6 nitrogen and oxygen atoms in total. The minimum atomic E-state index is 0.593. The minimum Gasteiger partial charge on any atom is -0.309 e. The highest BCUT2D eigenvalue weighted by Gasteiger charge is 2.23. The lowest BCUT2D eigenvalue weighted by Crippen LogP contribution is -2.04. The van der Waals surface area contributed by atoms with Crippen LogP contribution in [0.3, 0.4) is 0 Å². The second kappa shape index (κ2) is 15.6. The molecule has 13 aromatic rings. The Kier molecular flexibility index (Phi) is 9.16. The summed E-state index contributed by atoms with van der Waals surface area (Å²) in [6.07, 6.45) is 0. The van der Waals surface area contributed by atoms with E-state index in [1.165, 1.54) is 32.3 Å². The van der Waals surface area contributed by atoms with E-state index in [9.17, 15) is 0 Å². The number of hydrogen-bond acceptors (Lipinski definition) is 3. The highest BCUT2D eigenvalue weighted by atomic mass is 15.1. The van der Waals surface area contributed by atoms with Gasteiger partial charge in [0.15, 0.2) is 17.5 Å². The third kappa shape index (κ3) is 6.14. The first-order valence-corrected chi connectivity index (χ1v) is 22.3. The summed E-state index contributed by atoms with van der Waals surface area (Å²) in [5.74, 6) is 1.83. The predicted molar refractivity (Wildman–Crippen MR) is 270 cm³/mol. The first-order chi connectivity index (χ1) is 32.3. The van der Waals surface area contributed by atoms with Gasteiger partial charge in [0.2, 0.25) is 0 Å². The fourth-order valence-corrected chi connectivity index (χ4v) is 9.73. The Morgan fingerprint density at radius 1 is 0.262 bits per heavy atom. The molecule has 6 heteroatoms. The van der Waals surface area contributed by atoms with Crippen molar-refractivity contribution in [2.75, 3.05) is 0 Å².